The van der Waals surface area contributed by atoms with Gasteiger partial charge in [0.25, 0.3) is 0 Å². The number of nitrogens with zero attached hydrogens (tertiary/aromatic N) is 3. The van der Waals surface area contributed by atoms with Crippen LogP contribution in [0.25, 0.3) is 5.65 Å². The quantitative estimate of drug-likeness (QED) is 0.519. The van der Waals surface area contributed by atoms with Crippen LogP contribution < -0.4 is 10.5 Å². The first-order chi connectivity index (χ1) is 11.2. The molecule has 4 atom stereocenters. The summed E-state index contributed by atoms with van der Waals surface area (Å²) in [5.74, 6) is 0.0462. The molecule has 1 aliphatic rings. The number of hydrogen-bond acceptors (Lipinski definition) is 8. The Labute approximate surface area is 138 Å². The minimum Gasteiger partial charge on any atom is -0.390 e. The van der Waals surface area contributed by atoms with Gasteiger partial charge in [-0.2, -0.15) is 18.0 Å². The van der Waals surface area contributed by atoms with Crippen molar-refractivity contribution in [1.82, 2.24) is 14.6 Å². The molecule has 24 heavy (non-hydrogen) atoms. The monoisotopic (exact) mass is 357 g/mol. The topological polar surface area (TPSA) is 152 Å². The molecular formula is C13H19N5O5S. The van der Waals surface area contributed by atoms with E-state index in [9.17, 15) is 18.6 Å². The van der Waals surface area contributed by atoms with E-state index in [1.54, 1.807) is 16.8 Å². The fourth-order valence-electron chi connectivity index (χ4n) is 2.92. The van der Waals surface area contributed by atoms with Crippen LogP contribution in [0.15, 0.2) is 18.3 Å². The van der Waals surface area contributed by atoms with Crippen LogP contribution in [0, 0.1) is 12.8 Å². The second-order valence-electron chi connectivity index (χ2n) is 5.89. The number of fused-ring (bicyclic) bond motifs is 1. The minimum absolute atomic E-state index is 0.290. The molecule has 2 aromatic rings. The third-order valence-electron chi connectivity index (χ3n) is 4.06. The Morgan fingerprint density at radius 1 is 1.46 bits per heavy atom. The van der Waals surface area contributed by atoms with Crippen LogP contribution in [0.3, 0.4) is 0 Å². The maximum Gasteiger partial charge on any atom is 0.333 e. The lowest BCUT2D eigenvalue weighted by Crippen LogP contribution is -2.36. The number of aromatic nitrogens is 3. The van der Waals surface area contributed by atoms with E-state index in [4.69, 9.17) is 5.14 Å². The lowest BCUT2D eigenvalue weighted by atomic mass is 10.1. The zero-order chi connectivity index (χ0) is 17.5. The molecule has 0 saturated heterocycles. The molecule has 0 aromatic carbocycles. The molecule has 0 bridgehead atoms. The van der Waals surface area contributed by atoms with Gasteiger partial charge >= 0.3 is 10.3 Å². The van der Waals surface area contributed by atoms with Crippen LogP contribution in [-0.4, -0.2) is 58.1 Å². The van der Waals surface area contributed by atoms with Crippen molar-refractivity contribution in [2.45, 2.75) is 31.6 Å². The first-order valence-electron chi connectivity index (χ1n) is 7.36. The summed E-state index contributed by atoms with van der Waals surface area (Å²) in [4.78, 5) is 4.19. The SMILES string of the molecule is Cc1cc2nccc(N[C@@H]3C[C@H](COS(N)(=O)=O)[C@@H](O)[C@H]3O)n2n1. The molecule has 0 aliphatic heterocycles. The lowest BCUT2D eigenvalue weighted by Gasteiger charge is -2.19. The Kier molecular flexibility index (Phi) is 4.44. The molecule has 132 valence electrons. The van der Waals surface area contributed by atoms with Crippen molar-refractivity contribution in [1.29, 1.82) is 0 Å². The maximum atomic E-state index is 10.9. The maximum absolute atomic E-state index is 10.9. The summed E-state index contributed by atoms with van der Waals surface area (Å²) in [6, 6.07) is 3.02. The van der Waals surface area contributed by atoms with Gasteiger partial charge in [-0.05, 0) is 19.4 Å². The summed E-state index contributed by atoms with van der Waals surface area (Å²) in [7, 11) is -4.09. The normalized spacial score (nSPS) is 27.7. The van der Waals surface area contributed by atoms with Gasteiger partial charge in [0.2, 0.25) is 0 Å². The fourth-order valence-corrected chi connectivity index (χ4v) is 3.29. The van der Waals surface area contributed by atoms with Gasteiger partial charge in [-0.1, -0.05) is 0 Å². The summed E-state index contributed by atoms with van der Waals surface area (Å²) in [6.45, 7) is 1.55. The summed E-state index contributed by atoms with van der Waals surface area (Å²) in [5.41, 5.74) is 1.45. The predicted octanol–water partition coefficient (Wildman–Crippen LogP) is -1.22. The van der Waals surface area contributed by atoms with Crippen LogP contribution in [0.4, 0.5) is 5.82 Å². The molecule has 1 fully saturated rings. The van der Waals surface area contributed by atoms with Crippen LogP contribution in [0.2, 0.25) is 0 Å². The first-order valence-corrected chi connectivity index (χ1v) is 8.83. The van der Waals surface area contributed by atoms with Crippen molar-refractivity contribution in [3.05, 3.63) is 24.0 Å². The Morgan fingerprint density at radius 3 is 2.92 bits per heavy atom. The molecule has 0 amide bonds. The van der Waals surface area contributed by atoms with Crippen molar-refractivity contribution in [3.63, 3.8) is 0 Å². The summed E-state index contributed by atoms with van der Waals surface area (Å²) < 4.78 is 27.9. The minimum atomic E-state index is -4.09. The van der Waals surface area contributed by atoms with Gasteiger partial charge in [-0.25, -0.2) is 10.1 Å². The van der Waals surface area contributed by atoms with E-state index in [2.05, 4.69) is 19.6 Å². The summed E-state index contributed by atoms with van der Waals surface area (Å²) >= 11 is 0. The van der Waals surface area contributed by atoms with Gasteiger partial charge < -0.3 is 15.5 Å². The molecule has 11 heteroatoms. The molecule has 10 nitrogen and oxygen atoms in total. The lowest BCUT2D eigenvalue weighted by molar-refractivity contribution is 0.00777. The van der Waals surface area contributed by atoms with Gasteiger partial charge in [0, 0.05) is 18.2 Å². The Hall–Kier alpha value is -1.79. The zero-order valence-corrected chi connectivity index (χ0v) is 13.7. The number of aliphatic hydroxyl groups excluding tert-OH is 2. The molecule has 2 aromatic heterocycles. The smallest absolute Gasteiger partial charge is 0.333 e. The molecule has 0 radical (unpaired) electrons. The molecule has 0 spiro atoms. The van der Waals surface area contributed by atoms with E-state index >= 15 is 0 Å². The number of aliphatic hydroxyl groups is 2. The number of hydrogen-bond donors (Lipinski definition) is 4. The highest BCUT2D eigenvalue weighted by atomic mass is 32.2. The molecule has 3 rings (SSSR count). The average molecular weight is 357 g/mol. The Balaban J connectivity index is 1.75. The largest absolute Gasteiger partial charge is 0.390 e. The molecule has 1 aliphatic carbocycles. The molecular weight excluding hydrogens is 338 g/mol. The van der Waals surface area contributed by atoms with Gasteiger partial charge in [-0.15, -0.1) is 0 Å². The number of nitrogens with one attached hydrogen (secondary N) is 1. The number of aryl methyl sites for hydroxylation is 1. The highest BCUT2D eigenvalue weighted by molar-refractivity contribution is 7.84. The van der Waals surface area contributed by atoms with E-state index < -0.39 is 34.5 Å². The third-order valence-corrected chi connectivity index (χ3v) is 4.53. The predicted molar refractivity (Wildman–Crippen MR) is 84.3 cm³/mol. The summed E-state index contributed by atoms with van der Waals surface area (Å²) in [5, 5.41) is 32.5. The van der Waals surface area contributed by atoms with Crippen molar-refractivity contribution in [2.24, 2.45) is 11.1 Å². The van der Waals surface area contributed by atoms with Crippen molar-refractivity contribution < 1.29 is 22.8 Å². The van der Waals surface area contributed by atoms with Crippen LogP contribution in [0.1, 0.15) is 12.1 Å². The number of nitrogens with two attached hydrogens (primary N) is 1. The van der Waals surface area contributed by atoms with E-state index in [1.165, 1.54) is 0 Å². The van der Waals surface area contributed by atoms with Crippen molar-refractivity contribution in [2.75, 3.05) is 11.9 Å². The van der Waals surface area contributed by atoms with E-state index in [0.29, 0.717) is 17.9 Å². The average Bonchev–Trinajstić information content (AvgIpc) is 2.99. The van der Waals surface area contributed by atoms with Gasteiger partial charge in [0.1, 0.15) is 11.9 Å². The fraction of sp³-hybridized carbons (Fsp3) is 0.538. The standard InChI is InChI=1S/C13H19N5O5S/c1-7-4-11-15-3-2-10(18(11)17-7)16-9-5-8(12(19)13(9)20)6-23-24(14,21)22/h2-4,8-9,12-13,16,19-20H,5-6H2,1H3,(H2,14,21,22)/t8-,9-,12-,13+/m1/s1. The van der Waals surface area contributed by atoms with Crippen LogP contribution in [0.5, 0.6) is 0 Å². The van der Waals surface area contributed by atoms with E-state index in [0.717, 1.165) is 5.69 Å². The first kappa shape index (κ1) is 17.0. The van der Waals surface area contributed by atoms with Crippen LogP contribution >= 0.6 is 0 Å². The van der Waals surface area contributed by atoms with Gasteiger partial charge in [-0.3, -0.25) is 4.18 Å². The molecule has 0 unspecified atom stereocenters. The van der Waals surface area contributed by atoms with E-state index in [1.807, 2.05) is 13.0 Å². The Morgan fingerprint density at radius 2 is 2.21 bits per heavy atom. The third kappa shape index (κ3) is 3.49. The second kappa shape index (κ2) is 6.26. The van der Waals surface area contributed by atoms with E-state index in [-0.39, 0.29) is 6.61 Å². The highest BCUT2D eigenvalue weighted by Gasteiger charge is 2.42. The van der Waals surface area contributed by atoms with Crippen molar-refractivity contribution >= 4 is 21.8 Å². The summed E-state index contributed by atoms with van der Waals surface area (Å²) in [6.07, 6.45) is -0.292. The Bertz CT molecular complexity index is 838. The second-order valence-corrected chi connectivity index (χ2v) is 7.11. The van der Waals surface area contributed by atoms with Crippen LogP contribution in [-0.2, 0) is 14.5 Å². The van der Waals surface area contributed by atoms with Gasteiger partial charge in [0.05, 0.1) is 24.4 Å². The molecule has 5 N–H and O–H groups in total. The number of rotatable bonds is 5. The molecule has 1 saturated carbocycles. The number of anilines is 1. The van der Waals surface area contributed by atoms with Crippen molar-refractivity contribution in [3.8, 4) is 0 Å². The highest BCUT2D eigenvalue weighted by Crippen LogP contribution is 2.29. The zero-order valence-electron chi connectivity index (χ0n) is 12.9. The molecule has 2 heterocycles. The van der Waals surface area contributed by atoms with Gasteiger partial charge in [0.15, 0.2) is 5.65 Å².